The van der Waals surface area contributed by atoms with Crippen LogP contribution in [0.2, 0.25) is 0 Å². The van der Waals surface area contributed by atoms with Gasteiger partial charge in [-0.15, -0.1) is 0 Å². The van der Waals surface area contributed by atoms with E-state index in [1.54, 1.807) is 20.8 Å². The van der Waals surface area contributed by atoms with Gasteiger partial charge in [-0.25, -0.2) is 9.59 Å². The number of carbonyl (C=O) groups excluding carboxylic acids is 2. The smallest absolute Gasteiger partial charge is 0.431 e. The van der Waals surface area contributed by atoms with E-state index in [4.69, 9.17) is 14.3 Å². The maximum atomic E-state index is 11.3. The third kappa shape index (κ3) is 7.38. The fourth-order valence-electron chi connectivity index (χ4n) is 1.28. The van der Waals surface area contributed by atoms with Gasteiger partial charge in [0.05, 0.1) is 0 Å². The first-order valence-corrected chi connectivity index (χ1v) is 6.17. The third-order valence-corrected chi connectivity index (χ3v) is 1.98. The molecule has 0 heterocycles. The highest BCUT2D eigenvalue weighted by atomic mass is 16.7. The Labute approximate surface area is 118 Å². The number of carbonyl (C=O) groups is 2. The zero-order valence-corrected chi connectivity index (χ0v) is 11.8. The Morgan fingerprint density at radius 2 is 1.80 bits per heavy atom. The standard InChI is InChI=1S/C14H19NO5/c1-14(2,3)20-12(16)10-19-15-13(17)18-9-11-7-5-4-6-8-11/h4-8H,9-10H2,1-3H3,(H,15,17). The summed E-state index contributed by atoms with van der Waals surface area (Å²) in [7, 11) is 0. The Bertz CT molecular complexity index is 439. The summed E-state index contributed by atoms with van der Waals surface area (Å²) in [4.78, 5) is 27.2. The van der Waals surface area contributed by atoms with Gasteiger partial charge in [0.2, 0.25) is 0 Å². The average Bonchev–Trinajstić information content (AvgIpc) is 2.35. The van der Waals surface area contributed by atoms with Crippen LogP contribution in [-0.2, 0) is 25.7 Å². The molecule has 0 aliphatic heterocycles. The van der Waals surface area contributed by atoms with Crippen LogP contribution in [0.4, 0.5) is 4.79 Å². The number of amides is 1. The van der Waals surface area contributed by atoms with Crippen molar-refractivity contribution >= 4 is 12.1 Å². The van der Waals surface area contributed by atoms with E-state index < -0.39 is 17.7 Å². The van der Waals surface area contributed by atoms with Crippen LogP contribution < -0.4 is 5.48 Å². The van der Waals surface area contributed by atoms with E-state index in [-0.39, 0.29) is 13.2 Å². The Hall–Kier alpha value is -2.08. The van der Waals surface area contributed by atoms with Crippen molar-refractivity contribution in [1.82, 2.24) is 5.48 Å². The summed E-state index contributed by atoms with van der Waals surface area (Å²) in [6.07, 6.45) is -0.766. The first-order chi connectivity index (χ1) is 9.37. The maximum Gasteiger partial charge on any atom is 0.431 e. The second-order valence-electron chi connectivity index (χ2n) is 5.04. The SMILES string of the molecule is CC(C)(C)OC(=O)CONC(=O)OCc1ccccc1. The molecule has 6 nitrogen and oxygen atoms in total. The van der Waals surface area contributed by atoms with Gasteiger partial charge in [0.25, 0.3) is 0 Å². The van der Waals surface area contributed by atoms with Crippen molar-refractivity contribution in [3.8, 4) is 0 Å². The molecular formula is C14H19NO5. The van der Waals surface area contributed by atoms with Crippen LogP contribution in [0.5, 0.6) is 0 Å². The minimum atomic E-state index is -0.766. The van der Waals surface area contributed by atoms with Crippen molar-refractivity contribution in [1.29, 1.82) is 0 Å². The highest BCUT2D eigenvalue weighted by Crippen LogP contribution is 2.06. The Kier molecular flexibility index (Phi) is 5.99. The summed E-state index contributed by atoms with van der Waals surface area (Å²) >= 11 is 0. The highest BCUT2D eigenvalue weighted by molar-refractivity contribution is 5.71. The van der Waals surface area contributed by atoms with Gasteiger partial charge in [-0.3, -0.25) is 4.84 Å². The van der Waals surface area contributed by atoms with Crippen LogP contribution >= 0.6 is 0 Å². The largest absolute Gasteiger partial charge is 0.458 e. The molecule has 0 saturated carbocycles. The number of esters is 1. The fourth-order valence-corrected chi connectivity index (χ4v) is 1.28. The van der Waals surface area contributed by atoms with E-state index in [0.29, 0.717) is 0 Å². The van der Waals surface area contributed by atoms with Crippen LogP contribution in [0.3, 0.4) is 0 Å². The van der Waals surface area contributed by atoms with E-state index in [9.17, 15) is 9.59 Å². The van der Waals surface area contributed by atoms with Gasteiger partial charge in [-0.2, -0.15) is 5.48 Å². The summed E-state index contributed by atoms with van der Waals surface area (Å²) in [6, 6.07) is 9.21. The number of rotatable bonds is 5. The van der Waals surface area contributed by atoms with Gasteiger partial charge >= 0.3 is 12.1 Å². The van der Waals surface area contributed by atoms with E-state index >= 15 is 0 Å². The lowest BCUT2D eigenvalue weighted by molar-refractivity contribution is -0.162. The number of nitrogens with one attached hydrogen (secondary N) is 1. The third-order valence-electron chi connectivity index (χ3n) is 1.98. The summed E-state index contributed by atoms with van der Waals surface area (Å²) in [6.45, 7) is 4.98. The van der Waals surface area contributed by atoms with E-state index in [0.717, 1.165) is 5.56 Å². The Morgan fingerprint density at radius 1 is 1.15 bits per heavy atom. The molecule has 0 saturated heterocycles. The minimum Gasteiger partial charge on any atom is -0.458 e. The van der Waals surface area contributed by atoms with Crippen molar-refractivity contribution in [2.24, 2.45) is 0 Å². The van der Waals surface area contributed by atoms with Gasteiger partial charge in [0.15, 0.2) is 6.61 Å². The van der Waals surface area contributed by atoms with Crippen molar-refractivity contribution in [3.63, 3.8) is 0 Å². The lowest BCUT2D eigenvalue weighted by Gasteiger charge is -2.19. The Balaban J connectivity index is 2.16. The summed E-state index contributed by atoms with van der Waals surface area (Å²) in [5.41, 5.74) is 2.27. The summed E-state index contributed by atoms with van der Waals surface area (Å²) in [5, 5.41) is 0. The zero-order chi connectivity index (χ0) is 15.0. The number of hydroxylamine groups is 1. The van der Waals surface area contributed by atoms with Crippen molar-refractivity contribution in [3.05, 3.63) is 35.9 Å². The number of benzene rings is 1. The van der Waals surface area contributed by atoms with Gasteiger partial charge in [-0.1, -0.05) is 30.3 Å². The molecule has 0 fully saturated rings. The average molecular weight is 281 g/mol. The van der Waals surface area contributed by atoms with Gasteiger partial charge in [0.1, 0.15) is 12.2 Å². The molecule has 0 spiro atoms. The van der Waals surface area contributed by atoms with Crippen LogP contribution in [0.15, 0.2) is 30.3 Å². The van der Waals surface area contributed by atoms with Crippen LogP contribution in [0.25, 0.3) is 0 Å². The predicted octanol–water partition coefficient (Wildman–Crippen LogP) is 2.19. The molecule has 0 atom stereocenters. The molecule has 20 heavy (non-hydrogen) atoms. The zero-order valence-electron chi connectivity index (χ0n) is 11.8. The van der Waals surface area contributed by atoms with Crippen LogP contribution in [-0.4, -0.2) is 24.3 Å². The van der Waals surface area contributed by atoms with E-state index in [1.807, 2.05) is 35.8 Å². The molecule has 1 aromatic rings. The predicted molar refractivity (Wildman–Crippen MR) is 71.6 cm³/mol. The molecule has 1 rings (SSSR count). The lowest BCUT2D eigenvalue weighted by Crippen LogP contribution is -2.31. The monoisotopic (exact) mass is 281 g/mol. The van der Waals surface area contributed by atoms with E-state index in [1.165, 1.54) is 0 Å². The molecule has 1 amide bonds. The second kappa shape index (κ2) is 7.49. The summed E-state index contributed by atoms with van der Waals surface area (Å²) in [5.74, 6) is -0.569. The molecule has 0 aliphatic carbocycles. The van der Waals surface area contributed by atoms with Gasteiger partial charge in [-0.05, 0) is 26.3 Å². The van der Waals surface area contributed by atoms with Crippen molar-refractivity contribution in [2.45, 2.75) is 33.0 Å². The fraction of sp³-hybridized carbons (Fsp3) is 0.429. The van der Waals surface area contributed by atoms with Crippen LogP contribution in [0.1, 0.15) is 26.3 Å². The Morgan fingerprint density at radius 3 is 2.40 bits per heavy atom. The molecule has 1 N–H and O–H groups in total. The molecule has 0 radical (unpaired) electrons. The molecular weight excluding hydrogens is 262 g/mol. The van der Waals surface area contributed by atoms with Crippen molar-refractivity contribution in [2.75, 3.05) is 6.61 Å². The molecule has 0 aliphatic rings. The second-order valence-corrected chi connectivity index (χ2v) is 5.04. The molecule has 110 valence electrons. The molecule has 0 aromatic heterocycles. The number of hydrogen-bond acceptors (Lipinski definition) is 5. The molecule has 0 bridgehead atoms. The highest BCUT2D eigenvalue weighted by Gasteiger charge is 2.16. The van der Waals surface area contributed by atoms with Gasteiger partial charge in [0, 0.05) is 0 Å². The summed E-state index contributed by atoms with van der Waals surface area (Å²) < 4.78 is 9.88. The number of ether oxygens (including phenoxy) is 2. The van der Waals surface area contributed by atoms with E-state index in [2.05, 4.69) is 0 Å². The molecule has 6 heteroatoms. The van der Waals surface area contributed by atoms with Crippen molar-refractivity contribution < 1.29 is 23.9 Å². The molecule has 1 aromatic carbocycles. The molecule has 0 unspecified atom stereocenters. The first kappa shape index (κ1) is 16.0. The van der Waals surface area contributed by atoms with Crippen LogP contribution in [0, 0.1) is 0 Å². The van der Waals surface area contributed by atoms with Gasteiger partial charge < -0.3 is 9.47 Å². The quantitative estimate of drug-likeness (QED) is 0.661. The topological polar surface area (TPSA) is 73.9 Å². The first-order valence-electron chi connectivity index (χ1n) is 6.17. The lowest BCUT2D eigenvalue weighted by atomic mass is 10.2. The minimum absolute atomic E-state index is 0.127. The number of hydrogen-bond donors (Lipinski definition) is 1. The normalized spacial score (nSPS) is 10.8. The maximum absolute atomic E-state index is 11.3.